The smallest absolute Gasteiger partial charge is 0.272 e. The van der Waals surface area contributed by atoms with E-state index in [0.717, 1.165) is 12.1 Å². The number of nitro benzene ring substituents is 1. The van der Waals surface area contributed by atoms with Crippen molar-refractivity contribution in [3.63, 3.8) is 0 Å². The highest BCUT2D eigenvalue weighted by molar-refractivity contribution is 5.37. The molecule has 0 fully saturated rings. The second-order valence-corrected chi connectivity index (χ2v) is 3.21. The van der Waals surface area contributed by atoms with Crippen LogP contribution in [0.15, 0.2) is 18.2 Å². The van der Waals surface area contributed by atoms with E-state index in [-0.39, 0.29) is 24.0 Å². The Bertz CT molecular complexity index is 442. The molecule has 0 heterocycles. The molecule has 84 valence electrons. The van der Waals surface area contributed by atoms with Crippen molar-refractivity contribution in [3.8, 4) is 11.8 Å². The van der Waals surface area contributed by atoms with Crippen molar-refractivity contribution in [2.24, 2.45) is 5.92 Å². The van der Waals surface area contributed by atoms with Crippen LogP contribution in [0.3, 0.4) is 0 Å². The topological polar surface area (TPSA) is 76.2 Å². The van der Waals surface area contributed by atoms with Gasteiger partial charge in [-0.15, -0.1) is 0 Å². The van der Waals surface area contributed by atoms with Gasteiger partial charge in [0.2, 0.25) is 0 Å². The van der Waals surface area contributed by atoms with Crippen molar-refractivity contribution in [2.75, 3.05) is 6.61 Å². The molecule has 0 amide bonds. The fraction of sp³-hybridized carbons (Fsp3) is 0.300. The first-order valence-electron chi connectivity index (χ1n) is 4.51. The first-order valence-corrected chi connectivity index (χ1v) is 4.51. The molecule has 16 heavy (non-hydrogen) atoms. The third kappa shape index (κ3) is 2.92. The second-order valence-electron chi connectivity index (χ2n) is 3.21. The quantitative estimate of drug-likeness (QED) is 0.580. The predicted molar refractivity (Wildman–Crippen MR) is 53.3 cm³/mol. The number of nitro groups is 1. The van der Waals surface area contributed by atoms with Gasteiger partial charge in [-0.25, -0.2) is 4.39 Å². The highest BCUT2D eigenvalue weighted by Crippen LogP contribution is 2.22. The van der Waals surface area contributed by atoms with Crippen molar-refractivity contribution in [1.82, 2.24) is 0 Å². The van der Waals surface area contributed by atoms with Gasteiger partial charge in [0.05, 0.1) is 23.0 Å². The summed E-state index contributed by atoms with van der Waals surface area (Å²) in [6.45, 7) is 1.68. The molecule has 5 nitrogen and oxygen atoms in total. The molecule has 1 aromatic carbocycles. The van der Waals surface area contributed by atoms with E-state index in [2.05, 4.69) is 0 Å². The molecule has 0 N–H and O–H groups in total. The number of non-ortho nitro benzene ring substituents is 1. The van der Waals surface area contributed by atoms with E-state index in [1.807, 2.05) is 6.07 Å². The molecule has 0 saturated carbocycles. The Balaban J connectivity index is 2.76. The minimum absolute atomic E-state index is 0.0469. The van der Waals surface area contributed by atoms with Crippen LogP contribution < -0.4 is 4.74 Å². The molecule has 0 radical (unpaired) electrons. The maximum atomic E-state index is 13.3. The van der Waals surface area contributed by atoms with Gasteiger partial charge in [0, 0.05) is 6.07 Å². The minimum Gasteiger partial charge on any atom is -0.489 e. The lowest BCUT2D eigenvalue weighted by Crippen LogP contribution is -2.07. The Hall–Kier alpha value is -2.16. The summed E-state index contributed by atoms with van der Waals surface area (Å²) in [6.07, 6.45) is 0. The van der Waals surface area contributed by atoms with Gasteiger partial charge >= 0.3 is 0 Å². The molecule has 1 unspecified atom stereocenters. The molecule has 6 heteroatoms. The number of rotatable bonds is 4. The zero-order valence-electron chi connectivity index (χ0n) is 8.51. The standard InChI is InChI=1S/C10H9FN2O3/c1-7(5-12)6-16-10-3-2-8(13(14)15)4-9(10)11/h2-4,7H,6H2,1H3. The van der Waals surface area contributed by atoms with E-state index >= 15 is 0 Å². The Kier molecular flexibility index (Phi) is 3.78. The van der Waals surface area contributed by atoms with Crippen molar-refractivity contribution in [1.29, 1.82) is 5.26 Å². The number of benzene rings is 1. The van der Waals surface area contributed by atoms with Crippen LogP contribution in [0.25, 0.3) is 0 Å². The summed E-state index contributed by atoms with van der Waals surface area (Å²) in [4.78, 5) is 9.64. The van der Waals surface area contributed by atoms with Crippen molar-refractivity contribution in [3.05, 3.63) is 34.1 Å². The zero-order chi connectivity index (χ0) is 12.1. The average Bonchev–Trinajstić information content (AvgIpc) is 2.26. The van der Waals surface area contributed by atoms with Gasteiger partial charge < -0.3 is 4.74 Å². The number of hydrogen-bond donors (Lipinski definition) is 0. The Morgan fingerprint density at radius 2 is 2.38 bits per heavy atom. The van der Waals surface area contributed by atoms with E-state index in [0.29, 0.717) is 0 Å². The van der Waals surface area contributed by atoms with E-state index in [1.165, 1.54) is 6.07 Å². The summed E-state index contributed by atoms with van der Waals surface area (Å²) in [5.74, 6) is -1.26. The first-order chi connectivity index (χ1) is 7.54. The molecule has 0 aliphatic rings. The molecule has 0 saturated heterocycles. The van der Waals surface area contributed by atoms with E-state index in [4.69, 9.17) is 10.00 Å². The monoisotopic (exact) mass is 224 g/mol. The van der Waals surface area contributed by atoms with Crippen LogP contribution in [0.2, 0.25) is 0 Å². The lowest BCUT2D eigenvalue weighted by atomic mass is 10.2. The number of nitrogens with zero attached hydrogens (tertiary/aromatic N) is 2. The van der Waals surface area contributed by atoms with E-state index in [9.17, 15) is 14.5 Å². The summed E-state index contributed by atoms with van der Waals surface area (Å²) >= 11 is 0. The second kappa shape index (κ2) is 5.07. The average molecular weight is 224 g/mol. The molecular weight excluding hydrogens is 215 g/mol. The Morgan fingerprint density at radius 3 is 2.88 bits per heavy atom. The van der Waals surface area contributed by atoms with Gasteiger partial charge in [-0.05, 0) is 13.0 Å². The fourth-order valence-electron chi connectivity index (χ4n) is 0.972. The SMILES string of the molecule is CC(C#N)COc1ccc([N+](=O)[O-])cc1F. The minimum atomic E-state index is -0.806. The molecule has 0 aliphatic carbocycles. The van der Waals surface area contributed by atoms with Crippen molar-refractivity contribution < 1.29 is 14.1 Å². The van der Waals surface area contributed by atoms with Crippen LogP contribution in [0.1, 0.15) is 6.92 Å². The molecule has 0 bridgehead atoms. The molecular formula is C10H9FN2O3. The van der Waals surface area contributed by atoms with Gasteiger partial charge in [-0.2, -0.15) is 5.26 Å². The summed E-state index contributed by atoms with van der Waals surface area (Å²) < 4.78 is 18.3. The highest BCUT2D eigenvalue weighted by atomic mass is 19.1. The maximum absolute atomic E-state index is 13.3. The fourth-order valence-corrected chi connectivity index (χ4v) is 0.972. The number of ether oxygens (including phenoxy) is 1. The molecule has 1 rings (SSSR count). The van der Waals surface area contributed by atoms with Crippen LogP contribution in [-0.2, 0) is 0 Å². The number of hydrogen-bond acceptors (Lipinski definition) is 4. The summed E-state index contributed by atoms with van der Waals surface area (Å²) in [5.41, 5.74) is -0.335. The Morgan fingerprint density at radius 1 is 1.69 bits per heavy atom. The van der Waals surface area contributed by atoms with Crippen LogP contribution in [-0.4, -0.2) is 11.5 Å². The van der Waals surface area contributed by atoms with E-state index in [1.54, 1.807) is 6.92 Å². The van der Waals surface area contributed by atoms with Gasteiger partial charge in [0.25, 0.3) is 5.69 Å². The van der Waals surface area contributed by atoms with E-state index < -0.39 is 10.7 Å². The molecule has 1 aromatic rings. The normalized spacial score (nSPS) is 11.6. The van der Waals surface area contributed by atoms with Crippen LogP contribution >= 0.6 is 0 Å². The lowest BCUT2D eigenvalue weighted by molar-refractivity contribution is -0.385. The molecule has 0 aliphatic heterocycles. The van der Waals surface area contributed by atoms with Crippen LogP contribution in [0, 0.1) is 33.2 Å². The maximum Gasteiger partial charge on any atom is 0.272 e. The summed E-state index contributed by atoms with van der Waals surface area (Å²) in [7, 11) is 0. The zero-order valence-corrected chi connectivity index (χ0v) is 8.51. The number of nitriles is 1. The van der Waals surface area contributed by atoms with Crippen LogP contribution in [0.4, 0.5) is 10.1 Å². The lowest BCUT2D eigenvalue weighted by Gasteiger charge is -2.07. The number of halogens is 1. The third-order valence-corrected chi connectivity index (χ3v) is 1.84. The van der Waals surface area contributed by atoms with Crippen molar-refractivity contribution >= 4 is 5.69 Å². The molecule has 0 aromatic heterocycles. The van der Waals surface area contributed by atoms with Crippen LogP contribution in [0.5, 0.6) is 5.75 Å². The third-order valence-electron chi connectivity index (χ3n) is 1.84. The van der Waals surface area contributed by atoms with Gasteiger partial charge in [0.15, 0.2) is 11.6 Å². The molecule has 1 atom stereocenters. The predicted octanol–water partition coefficient (Wildman–Crippen LogP) is 2.27. The Labute approximate surface area is 91.2 Å². The summed E-state index contributed by atoms with van der Waals surface area (Å²) in [6, 6.07) is 5.04. The first kappa shape index (κ1) is 11.9. The van der Waals surface area contributed by atoms with Crippen molar-refractivity contribution in [2.45, 2.75) is 6.92 Å². The van der Waals surface area contributed by atoms with Gasteiger partial charge in [-0.1, -0.05) is 0 Å². The summed E-state index contributed by atoms with van der Waals surface area (Å²) in [5, 5.41) is 18.8. The largest absolute Gasteiger partial charge is 0.489 e. The van der Waals surface area contributed by atoms with Gasteiger partial charge in [-0.3, -0.25) is 10.1 Å². The molecule has 0 spiro atoms. The highest BCUT2D eigenvalue weighted by Gasteiger charge is 2.12. The van der Waals surface area contributed by atoms with Gasteiger partial charge in [0.1, 0.15) is 6.61 Å².